The second-order valence-corrected chi connectivity index (χ2v) is 6.01. The Labute approximate surface area is 117 Å². The summed E-state index contributed by atoms with van der Waals surface area (Å²) in [6.07, 6.45) is 1.53. The number of rotatable bonds is 6. The molecule has 2 aromatic heterocycles. The Balaban J connectivity index is 2.05. The van der Waals surface area contributed by atoms with Crippen LogP contribution >= 0.6 is 0 Å². The Bertz CT molecular complexity index is 664. The van der Waals surface area contributed by atoms with Crippen molar-refractivity contribution in [3.05, 3.63) is 41.4 Å². The molecular weight excluding hydrogens is 280 g/mol. The molecule has 0 radical (unpaired) electrons. The van der Waals surface area contributed by atoms with Crippen molar-refractivity contribution in [2.75, 3.05) is 7.05 Å². The number of pyridine rings is 1. The van der Waals surface area contributed by atoms with Gasteiger partial charge in [0.15, 0.2) is 10.8 Å². The third kappa shape index (κ3) is 3.62. The van der Waals surface area contributed by atoms with Gasteiger partial charge in [0.25, 0.3) is 10.0 Å². The van der Waals surface area contributed by atoms with Crippen LogP contribution in [0.3, 0.4) is 0 Å². The first kappa shape index (κ1) is 14.6. The summed E-state index contributed by atoms with van der Waals surface area (Å²) in [7, 11) is -1.84. The number of sulfonamides is 1. The Morgan fingerprint density at radius 2 is 2.10 bits per heavy atom. The van der Waals surface area contributed by atoms with Crippen LogP contribution in [0.4, 0.5) is 0 Å². The fraction of sp³-hybridized carbons (Fsp3) is 0.333. The summed E-state index contributed by atoms with van der Waals surface area (Å²) >= 11 is 0. The van der Waals surface area contributed by atoms with Crippen LogP contribution in [0, 0.1) is 6.92 Å². The molecule has 0 aliphatic carbocycles. The van der Waals surface area contributed by atoms with E-state index in [0.717, 1.165) is 5.56 Å². The molecule has 0 aliphatic heterocycles. The van der Waals surface area contributed by atoms with Gasteiger partial charge in [-0.3, -0.25) is 0 Å². The van der Waals surface area contributed by atoms with Crippen molar-refractivity contribution in [3.63, 3.8) is 0 Å². The zero-order chi connectivity index (χ0) is 14.6. The molecule has 0 aliphatic rings. The van der Waals surface area contributed by atoms with Gasteiger partial charge in [0.2, 0.25) is 0 Å². The summed E-state index contributed by atoms with van der Waals surface area (Å²) in [6, 6.07) is 4.86. The number of aryl methyl sites for hydroxylation is 1. The summed E-state index contributed by atoms with van der Waals surface area (Å²) in [4.78, 5) is 3.95. The maximum absolute atomic E-state index is 12.0. The van der Waals surface area contributed by atoms with Crippen LogP contribution in [0.5, 0.6) is 0 Å². The molecule has 0 saturated carbocycles. The van der Waals surface area contributed by atoms with Crippen molar-refractivity contribution in [2.45, 2.75) is 25.0 Å². The van der Waals surface area contributed by atoms with Gasteiger partial charge in [0.1, 0.15) is 0 Å². The summed E-state index contributed by atoms with van der Waals surface area (Å²) in [5, 5.41) is 6.64. The summed E-state index contributed by atoms with van der Waals surface area (Å²) in [6.45, 7) is 2.45. The quantitative estimate of drug-likeness (QED) is 0.809. The summed E-state index contributed by atoms with van der Waals surface area (Å²) in [5.74, 6) is 0.456. The van der Waals surface area contributed by atoms with Crippen molar-refractivity contribution in [1.82, 2.24) is 20.2 Å². The monoisotopic (exact) mass is 296 g/mol. The second kappa shape index (κ2) is 6.12. The maximum Gasteiger partial charge on any atom is 0.258 e. The molecule has 108 valence electrons. The van der Waals surface area contributed by atoms with Gasteiger partial charge in [0.05, 0.1) is 12.2 Å². The number of nitrogens with one attached hydrogen (secondary N) is 2. The van der Waals surface area contributed by atoms with E-state index in [4.69, 9.17) is 4.52 Å². The second-order valence-electron chi connectivity index (χ2n) is 4.29. The first-order valence-corrected chi connectivity index (χ1v) is 7.51. The highest BCUT2D eigenvalue weighted by atomic mass is 32.2. The van der Waals surface area contributed by atoms with E-state index in [2.05, 4.69) is 20.2 Å². The van der Waals surface area contributed by atoms with Crippen LogP contribution in [0.2, 0.25) is 0 Å². The van der Waals surface area contributed by atoms with Crippen molar-refractivity contribution in [3.8, 4) is 0 Å². The molecule has 2 heterocycles. The minimum Gasteiger partial charge on any atom is -0.360 e. The Kier molecular flexibility index (Phi) is 4.48. The first-order chi connectivity index (χ1) is 9.51. The van der Waals surface area contributed by atoms with Crippen molar-refractivity contribution in [2.24, 2.45) is 0 Å². The standard InChI is InChI=1S/C12H16N4O3S/c1-9-5-11(19-16-9)8-15-20(17,18)12-4-3-10(6-13-2)7-14-12/h3-5,7,13,15H,6,8H2,1-2H3. The summed E-state index contributed by atoms with van der Waals surface area (Å²) in [5.41, 5.74) is 1.62. The Morgan fingerprint density at radius 3 is 2.65 bits per heavy atom. The smallest absolute Gasteiger partial charge is 0.258 e. The van der Waals surface area contributed by atoms with Gasteiger partial charge in [-0.15, -0.1) is 0 Å². The van der Waals surface area contributed by atoms with Gasteiger partial charge in [-0.05, 0) is 25.6 Å². The fourth-order valence-corrected chi connectivity index (χ4v) is 2.54. The van der Waals surface area contributed by atoms with E-state index in [1.54, 1.807) is 19.1 Å². The number of hydrogen-bond donors (Lipinski definition) is 2. The molecule has 2 rings (SSSR count). The average molecular weight is 296 g/mol. The lowest BCUT2D eigenvalue weighted by atomic mass is 10.3. The van der Waals surface area contributed by atoms with Crippen LogP contribution in [0.25, 0.3) is 0 Å². The SMILES string of the molecule is CNCc1ccc(S(=O)(=O)NCc2cc(C)no2)nc1. The number of hydrogen-bond acceptors (Lipinski definition) is 6. The highest BCUT2D eigenvalue weighted by Crippen LogP contribution is 2.08. The molecule has 7 nitrogen and oxygen atoms in total. The van der Waals surface area contributed by atoms with Crippen LogP contribution < -0.4 is 10.0 Å². The van der Waals surface area contributed by atoms with Crippen LogP contribution in [0.15, 0.2) is 33.9 Å². The highest BCUT2D eigenvalue weighted by Gasteiger charge is 2.16. The van der Waals surface area contributed by atoms with Gasteiger partial charge >= 0.3 is 0 Å². The predicted octanol–water partition coefficient (Wildman–Crippen LogP) is 0.576. The largest absolute Gasteiger partial charge is 0.360 e. The minimum atomic E-state index is -3.65. The fourth-order valence-electron chi connectivity index (χ4n) is 1.62. The van der Waals surface area contributed by atoms with Crippen molar-refractivity contribution < 1.29 is 12.9 Å². The molecule has 0 saturated heterocycles. The molecule has 0 fully saturated rings. The molecule has 0 atom stereocenters. The lowest BCUT2D eigenvalue weighted by molar-refractivity contribution is 0.377. The maximum atomic E-state index is 12.0. The number of aromatic nitrogens is 2. The topological polar surface area (TPSA) is 97.1 Å². The third-order valence-electron chi connectivity index (χ3n) is 2.57. The Morgan fingerprint density at radius 1 is 1.30 bits per heavy atom. The van der Waals surface area contributed by atoms with Gasteiger partial charge < -0.3 is 9.84 Å². The zero-order valence-corrected chi connectivity index (χ0v) is 12.1. The molecule has 0 unspecified atom stereocenters. The lowest BCUT2D eigenvalue weighted by Gasteiger charge is -2.05. The van der Waals surface area contributed by atoms with Crippen molar-refractivity contribution in [1.29, 1.82) is 0 Å². The Hall–Kier alpha value is -1.77. The van der Waals surface area contributed by atoms with Crippen LogP contribution in [0.1, 0.15) is 17.0 Å². The average Bonchev–Trinajstić information content (AvgIpc) is 2.84. The third-order valence-corrected chi connectivity index (χ3v) is 3.88. The van der Waals surface area contributed by atoms with Gasteiger partial charge in [0, 0.05) is 18.8 Å². The van der Waals surface area contributed by atoms with E-state index in [9.17, 15) is 8.42 Å². The summed E-state index contributed by atoms with van der Waals surface area (Å²) < 4.78 is 31.4. The van der Waals surface area contributed by atoms with E-state index in [-0.39, 0.29) is 11.6 Å². The lowest BCUT2D eigenvalue weighted by Crippen LogP contribution is -2.24. The van der Waals surface area contributed by atoms with Gasteiger partial charge in [-0.1, -0.05) is 11.2 Å². The van der Waals surface area contributed by atoms with Gasteiger partial charge in [-0.25, -0.2) is 18.1 Å². The predicted molar refractivity (Wildman–Crippen MR) is 72.3 cm³/mol. The highest BCUT2D eigenvalue weighted by molar-refractivity contribution is 7.89. The molecule has 2 N–H and O–H groups in total. The van der Waals surface area contributed by atoms with Crippen LogP contribution in [-0.4, -0.2) is 25.6 Å². The zero-order valence-electron chi connectivity index (χ0n) is 11.3. The van der Waals surface area contributed by atoms with Crippen LogP contribution in [-0.2, 0) is 23.1 Å². The molecule has 0 aromatic carbocycles. The first-order valence-electron chi connectivity index (χ1n) is 6.02. The van der Waals surface area contributed by atoms with E-state index < -0.39 is 10.0 Å². The van der Waals surface area contributed by atoms with Gasteiger partial charge in [-0.2, -0.15) is 0 Å². The molecule has 0 spiro atoms. The molecular formula is C12H16N4O3S. The van der Waals surface area contributed by atoms with E-state index >= 15 is 0 Å². The molecule has 20 heavy (non-hydrogen) atoms. The minimum absolute atomic E-state index is 0.0198. The molecule has 0 amide bonds. The van der Waals surface area contributed by atoms with E-state index in [1.807, 2.05) is 7.05 Å². The normalized spacial score (nSPS) is 11.7. The van der Waals surface area contributed by atoms with Crippen molar-refractivity contribution >= 4 is 10.0 Å². The van der Waals surface area contributed by atoms with E-state index in [0.29, 0.717) is 18.0 Å². The molecule has 2 aromatic rings. The molecule has 0 bridgehead atoms. The number of nitrogens with zero attached hydrogens (tertiary/aromatic N) is 2. The van der Waals surface area contributed by atoms with E-state index in [1.165, 1.54) is 12.3 Å². The molecule has 8 heteroatoms.